The van der Waals surface area contributed by atoms with Crippen molar-refractivity contribution in [2.75, 3.05) is 0 Å². The second-order valence-corrected chi connectivity index (χ2v) is 4.42. The van der Waals surface area contributed by atoms with Crippen LogP contribution >= 0.6 is 11.6 Å². The molecule has 2 rings (SSSR count). The summed E-state index contributed by atoms with van der Waals surface area (Å²) in [6.45, 7) is 3.47. The molecular formula is C14H15ClO4. The van der Waals surface area contributed by atoms with Crippen LogP contribution in [0.2, 0.25) is 5.02 Å². The first kappa shape index (κ1) is 15.0. The van der Waals surface area contributed by atoms with Crippen molar-refractivity contribution in [1.29, 1.82) is 0 Å². The lowest BCUT2D eigenvalue weighted by Gasteiger charge is -2.03. The predicted molar refractivity (Wildman–Crippen MR) is 74.0 cm³/mol. The van der Waals surface area contributed by atoms with Gasteiger partial charge in [-0.05, 0) is 37.6 Å². The highest BCUT2D eigenvalue weighted by molar-refractivity contribution is 6.32. The topological polar surface area (TPSA) is 80.9 Å². The summed E-state index contributed by atoms with van der Waals surface area (Å²) in [5.74, 6) is 0.233. The first-order chi connectivity index (χ1) is 8.82. The van der Waals surface area contributed by atoms with E-state index in [2.05, 4.69) is 0 Å². The van der Waals surface area contributed by atoms with Crippen molar-refractivity contribution in [3.05, 3.63) is 46.5 Å². The first-order valence-electron chi connectivity index (χ1n) is 5.48. The minimum atomic E-state index is -0.100. The Morgan fingerprint density at radius 2 is 1.47 bits per heavy atom. The molecule has 2 aromatic rings. The molecule has 4 nitrogen and oxygen atoms in total. The van der Waals surface area contributed by atoms with Crippen molar-refractivity contribution in [1.82, 2.24) is 0 Å². The van der Waals surface area contributed by atoms with Crippen molar-refractivity contribution in [2.24, 2.45) is 0 Å². The molecule has 0 bridgehead atoms. The maximum atomic E-state index is 9.23. The number of rotatable bonds is 0. The molecule has 0 aliphatic carbocycles. The summed E-state index contributed by atoms with van der Waals surface area (Å²) in [7, 11) is 0. The zero-order valence-electron chi connectivity index (χ0n) is 10.6. The van der Waals surface area contributed by atoms with Gasteiger partial charge in [-0.3, -0.25) is 0 Å². The Morgan fingerprint density at radius 3 is 1.95 bits per heavy atom. The number of aryl methyl sites for hydroxylation is 1. The molecule has 0 aliphatic rings. The summed E-state index contributed by atoms with van der Waals surface area (Å²) in [4.78, 5) is 0. The summed E-state index contributed by atoms with van der Waals surface area (Å²) in [6.07, 6.45) is 0. The first-order valence-corrected chi connectivity index (χ1v) is 5.86. The highest BCUT2D eigenvalue weighted by atomic mass is 35.5. The summed E-state index contributed by atoms with van der Waals surface area (Å²) in [6, 6.07) is 7.26. The molecule has 0 heterocycles. The van der Waals surface area contributed by atoms with Crippen LogP contribution in [0.5, 0.6) is 23.0 Å². The average Bonchev–Trinajstić information content (AvgIpc) is 2.37. The maximum absolute atomic E-state index is 9.23. The van der Waals surface area contributed by atoms with Gasteiger partial charge >= 0.3 is 0 Å². The molecule has 0 amide bonds. The third-order valence-corrected chi connectivity index (χ3v) is 2.85. The van der Waals surface area contributed by atoms with Crippen molar-refractivity contribution >= 4 is 11.6 Å². The maximum Gasteiger partial charge on any atom is 0.137 e. The minimum Gasteiger partial charge on any atom is -0.508 e. The summed E-state index contributed by atoms with van der Waals surface area (Å²) in [5, 5.41) is 36.1. The van der Waals surface area contributed by atoms with Gasteiger partial charge in [0.05, 0.1) is 5.02 Å². The standard InChI is InChI=1S/C8H10O2.C6H5ClO2/c1-5-3-4-7(9)6(2)8(5)10;7-5-2-1-4(8)3-6(5)9/h3-4,9-10H,1-2H3;1-3,8-9H. The van der Waals surface area contributed by atoms with E-state index in [9.17, 15) is 5.11 Å². The van der Waals surface area contributed by atoms with Gasteiger partial charge in [-0.15, -0.1) is 0 Å². The fourth-order valence-electron chi connectivity index (χ4n) is 1.33. The third-order valence-electron chi connectivity index (χ3n) is 2.53. The Kier molecular flexibility index (Phi) is 4.89. The Balaban J connectivity index is 0.000000191. The Bertz CT molecular complexity index is 555. The van der Waals surface area contributed by atoms with Crippen molar-refractivity contribution in [3.63, 3.8) is 0 Å². The molecule has 0 aliphatic heterocycles. The van der Waals surface area contributed by atoms with Crippen LogP contribution in [0, 0.1) is 13.8 Å². The number of phenolic OH excluding ortho intramolecular Hbond substituents is 4. The van der Waals surface area contributed by atoms with Crippen molar-refractivity contribution in [3.8, 4) is 23.0 Å². The van der Waals surface area contributed by atoms with Crippen LogP contribution in [0.1, 0.15) is 11.1 Å². The number of halogens is 1. The molecular weight excluding hydrogens is 268 g/mol. The number of phenols is 4. The lowest BCUT2D eigenvalue weighted by Crippen LogP contribution is -1.79. The van der Waals surface area contributed by atoms with Crippen molar-refractivity contribution in [2.45, 2.75) is 13.8 Å². The van der Waals surface area contributed by atoms with E-state index in [1.807, 2.05) is 0 Å². The number of hydrogen-bond donors (Lipinski definition) is 4. The van der Waals surface area contributed by atoms with Gasteiger partial charge in [-0.2, -0.15) is 0 Å². The molecule has 0 saturated carbocycles. The molecule has 0 fully saturated rings. The van der Waals surface area contributed by atoms with Gasteiger partial charge in [0.2, 0.25) is 0 Å². The second-order valence-electron chi connectivity index (χ2n) is 4.01. The number of aromatic hydroxyl groups is 4. The molecule has 0 radical (unpaired) electrons. The van der Waals surface area contributed by atoms with E-state index in [1.165, 1.54) is 18.2 Å². The number of hydrogen-bond acceptors (Lipinski definition) is 4. The molecule has 0 atom stereocenters. The lowest BCUT2D eigenvalue weighted by atomic mass is 10.1. The van der Waals surface area contributed by atoms with Crippen LogP contribution in [-0.4, -0.2) is 20.4 Å². The van der Waals surface area contributed by atoms with Gasteiger partial charge in [-0.25, -0.2) is 0 Å². The van der Waals surface area contributed by atoms with Gasteiger partial charge in [0.25, 0.3) is 0 Å². The number of benzene rings is 2. The largest absolute Gasteiger partial charge is 0.508 e. The molecule has 102 valence electrons. The minimum absolute atomic E-state index is 0.0110. The van der Waals surface area contributed by atoms with Crippen LogP contribution in [0.15, 0.2) is 30.3 Å². The summed E-state index contributed by atoms with van der Waals surface area (Å²) >= 11 is 5.42. The predicted octanol–water partition coefficient (Wildman–Crippen LogP) is 3.47. The average molecular weight is 283 g/mol. The Morgan fingerprint density at radius 1 is 0.842 bits per heavy atom. The van der Waals surface area contributed by atoms with Gasteiger partial charge in [-0.1, -0.05) is 17.7 Å². The molecule has 0 unspecified atom stereocenters. The molecule has 0 aromatic heterocycles. The zero-order valence-corrected chi connectivity index (χ0v) is 11.3. The van der Waals surface area contributed by atoms with Crippen LogP contribution in [0.3, 0.4) is 0 Å². The highest BCUT2D eigenvalue weighted by Gasteiger charge is 2.02. The van der Waals surface area contributed by atoms with Crippen LogP contribution in [0.4, 0.5) is 0 Å². The Labute approximate surface area is 116 Å². The van der Waals surface area contributed by atoms with Gasteiger partial charge < -0.3 is 20.4 Å². The zero-order chi connectivity index (χ0) is 14.6. The van der Waals surface area contributed by atoms with Gasteiger partial charge in [0, 0.05) is 11.6 Å². The third kappa shape index (κ3) is 3.96. The molecule has 19 heavy (non-hydrogen) atoms. The Hall–Kier alpha value is -2.07. The quantitative estimate of drug-likeness (QED) is 0.596. The van der Waals surface area contributed by atoms with Gasteiger partial charge in [0.15, 0.2) is 0 Å². The highest BCUT2D eigenvalue weighted by Crippen LogP contribution is 2.28. The molecule has 4 N–H and O–H groups in total. The van der Waals surface area contributed by atoms with Crippen LogP contribution in [-0.2, 0) is 0 Å². The monoisotopic (exact) mass is 282 g/mol. The van der Waals surface area contributed by atoms with Crippen molar-refractivity contribution < 1.29 is 20.4 Å². The van der Waals surface area contributed by atoms with E-state index in [0.717, 1.165) is 5.56 Å². The fraction of sp³-hybridized carbons (Fsp3) is 0.143. The van der Waals surface area contributed by atoms with Crippen LogP contribution in [0.25, 0.3) is 0 Å². The SMILES string of the molecule is Cc1ccc(O)c(C)c1O.Oc1ccc(Cl)c(O)c1. The van der Waals surface area contributed by atoms with E-state index in [1.54, 1.807) is 26.0 Å². The van der Waals surface area contributed by atoms with Gasteiger partial charge in [0.1, 0.15) is 23.0 Å². The van der Waals surface area contributed by atoms with E-state index in [4.69, 9.17) is 26.9 Å². The molecule has 0 saturated heterocycles. The fourth-order valence-corrected chi connectivity index (χ4v) is 1.44. The molecule has 2 aromatic carbocycles. The summed E-state index contributed by atoms with van der Waals surface area (Å²) < 4.78 is 0. The molecule has 0 spiro atoms. The van der Waals surface area contributed by atoms with E-state index in [-0.39, 0.29) is 28.0 Å². The normalized spacial score (nSPS) is 9.63. The van der Waals surface area contributed by atoms with E-state index < -0.39 is 0 Å². The second kappa shape index (κ2) is 6.20. The van der Waals surface area contributed by atoms with Crippen LogP contribution < -0.4 is 0 Å². The molecule has 5 heteroatoms. The smallest absolute Gasteiger partial charge is 0.137 e. The van der Waals surface area contributed by atoms with E-state index >= 15 is 0 Å². The summed E-state index contributed by atoms with van der Waals surface area (Å²) in [5.41, 5.74) is 1.33. The lowest BCUT2D eigenvalue weighted by molar-refractivity contribution is 0.440. The van der Waals surface area contributed by atoms with E-state index in [0.29, 0.717) is 5.56 Å².